The molecule has 1 aromatic heterocycles. The van der Waals surface area contributed by atoms with Crippen LogP contribution < -0.4 is 5.32 Å². The molecular weight excluding hydrogens is 337 g/mol. The Labute approximate surface area is 135 Å². The van der Waals surface area contributed by atoms with Gasteiger partial charge in [0.15, 0.2) is 0 Å². The minimum Gasteiger partial charge on any atom is -0.481 e. The van der Waals surface area contributed by atoms with E-state index in [9.17, 15) is 23.1 Å². The average molecular weight is 353 g/mol. The second-order valence-corrected chi connectivity index (χ2v) is 5.73. The molecule has 1 unspecified atom stereocenters. The van der Waals surface area contributed by atoms with Gasteiger partial charge in [-0.1, -0.05) is 11.6 Å². The van der Waals surface area contributed by atoms with Gasteiger partial charge in [-0.05, 0) is 24.8 Å². The molecule has 1 saturated heterocycles. The number of rotatable bonds is 5. The number of anilines is 1. The predicted molar refractivity (Wildman–Crippen MR) is 77.4 cm³/mol. The van der Waals surface area contributed by atoms with Gasteiger partial charge >= 0.3 is 12.1 Å². The van der Waals surface area contributed by atoms with Crippen molar-refractivity contribution >= 4 is 23.4 Å². The molecule has 9 heteroatoms. The van der Waals surface area contributed by atoms with Gasteiger partial charge in [0.2, 0.25) is 0 Å². The first kappa shape index (κ1) is 17.8. The van der Waals surface area contributed by atoms with E-state index in [1.54, 1.807) is 0 Å². The number of alkyl halides is 3. The fourth-order valence-electron chi connectivity index (χ4n) is 2.50. The fourth-order valence-corrected chi connectivity index (χ4v) is 2.74. The van der Waals surface area contributed by atoms with E-state index in [0.717, 1.165) is 6.07 Å². The molecule has 0 saturated carbocycles. The molecule has 2 N–H and O–H groups in total. The van der Waals surface area contributed by atoms with Crippen LogP contribution in [-0.4, -0.2) is 35.8 Å². The van der Waals surface area contributed by atoms with Crippen LogP contribution in [0.25, 0.3) is 0 Å². The number of hydrogen-bond donors (Lipinski definition) is 2. The van der Waals surface area contributed by atoms with Crippen molar-refractivity contribution in [2.24, 2.45) is 11.8 Å². The quantitative estimate of drug-likeness (QED) is 0.850. The van der Waals surface area contributed by atoms with E-state index in [1.807, 2.05) is 0 Å². The maximum Gasteiger partial charge on any atom is 0.417 e. The highest BCUT2D eigenvalue weighted by molar-refractivity contribution is 6.32. The van der Waals surface area contributed by atoms with Crippen LogP contribution in [0.2, 0.25) is 5.02 Å². The van der Waals surface area contributed by atoms with Crippen LogP contribution in [0.15, 0.2) is 12.3 Å². The third-order valence-corrected chi connectivity index (χ3v) is 4.10. The number of aromatic nitrogens is 1. The largest absolute Gasteiger partial charge is 0.481 e. The number of carbonyl (C=O) groups is 1. The summed E-state index contributed by atoms with van der Waals surface area (Å²) < 4.78 is 42.9. The minimum atomic E-state index is -4.53. The number of pyridine rings is 1. The molecule has 0 aliphatic carbocycles. The van der Waals surface area contributed by atoms with E-state index in [1.165, 1.54) is 0 Å². The van der Waals surface area contributed by atoms with Crippen LogP contribution in [0.1, 0.15) is 18.4 Å². The summed E-state index contributed by atoms with van der Waals surface area (Å²) in [4.78, 5) is 15.0. The smallest absolute Gasteiger partial charge is 0.417 e. The Kier molecular flexibility index (Phi) is 5.69. The van der Waals surface area contributed by atoms with E-state index >= 15 is 0 Å². The third-order valence-electron chi connectivity index (χ3n) is 3.81. The molecule has 1 fully saturated rings. The molecule has 0 aromatic carbocycles. The molecule has 1 aromatic rings. The third kappa shape index (κ3) is 4.71. The van der Waals surface area contributed by atoms with Crippen molar-refractivity contribution < 1.29 is 27.8 Å². The van der Waals surface area contributed by atoms with Crippen molar-refractivity contribution in [1.82, 2.24) is 4.98 Å². The van der Waals surface area contributed by atoms with Gasteiger partial charge in [-0.3, -0.25) is 4.79 Å². The molecule has 0 radical (unpaired) electrons. The lowest BCUT2D eigenvalue weighted by Gasteiger charge is -2.27. The van der Waals surface area contributed by atoms with E-state index in [4.69, 9.17) is 16.3 Å². The van der Waals surface area contributed by atoms with Gasteiger partial charge in [0.25, 0.3) is 0 Å². The normalized spacial score (nSPS) is 17.7. The first-order chi connectivity index (χ1) is 10.8. The summed E-state index contributed by atoms with van der Waals surface area (Å²) in [6, 6.07) is 0.765. The molecule has 0 amide bonds. The Hall–Kier alpha value is -1.54. The zero-order valence-electron chi connectivity index (χ0n) is 12.1. The first-order valence-corrected chi connectivity index (χ1v) is 7.44. The molecule has 1 aliphatic rings. The average Bonchev–Trinajstić information content (AvgIpc) is 2.48. The van der Waals surface area contributed by atoms with Crippen LogP contribution in [0, 0.1) is 11.8 Å². The Bertz CT molecular complexity index is 563. The molecule has 128 valence electrons. The Morgan fingerprint density at radius 1 is 1.48 bits per heavy atom. The number of hydrogen-bond acceptors (Lipinski definition) is 4. The molecular formula is C14H16ClF3N2O3. The second-order valence-electron chi connectivity index (χ2n) is 5.33. The number of aliphatic carboxylic acids is 1. The topological polar surface area (TPSA) is 71.5 Å². The molecule has 5 nitrogen and oxygen atoms in total. The molecule has 0 spiro atoms. The van der Waals surface area contributed by atoms with Gasteiger partial charge in [-0.25, -0.2) is 4.98 Å². The zero-order valence-corrected chi connectivity index (χ0v) is 12.8. The maximum absolute atomic E-state index is 12.6. The molecule has 23 heavy (non-hydrogen) atoms. The predicted octanol–water partition coefficient (Wildman–Crippen LogP) is 3.29. The van der Waals surface area contributed by atoms with Crippen molar-refractivity contribution in [3.05, 3.63) is 22.8 Å². The van der Waals surface area contributed by atoms with Crippen molar-refractivity contribution in [3.63, 3.8) is 0 Å². The van der Waals surface area contributed by atoms with Crippen molar-refractivity contribution in [2.75, 3.05) is 25.1 Å². The zero-order chi connectivity index (χ0) is 17.0. The SMILES string of the molecule is O=C(O)C(CNc1ncc(C(F)(F)F)cc1Cl)C1CCOCC1. The van der Waals surface area contributed by atoms with Crippen LogP contribution in [-0.2, 0) is 15.7 Å². The molecule has 2 rings (SSSR count). The van der Waals surface area contributed by atoms with Crippen LogP contribution in [0.3, 0.4) is 0 Å². The lowest BCUT2D eigenvalue weighted by molar-refractivity contribution is -0.144. The number of nitrogens with one attached hydrogen (secondary N) is 1. The van der Waals surface area contributed by atoms with Crippen molar-refractivity contribution in [2.45, 2.75) is 19.0 Å². The molecule has 2 heterocycles. The number of nitrogens with zero attached hydrogens (tertiary/aromatic N) is 1. The van der Waals surface area contributed by atoms with Gasteiger partial charge in [0, 0.05) is 26.0 Å². The summed E-state index contributed by atoms with van der Waals surface area (Å²) in [7, 11) is 0. The number of carboxylic acids is 1. The van der Waals surface area contributed by atoms with Gasteiger partial charge in [-0.2, -0.15) is 13.2 Å². The molecule has 1 aliphatic heterocycles. The summed E-state index contributed by atoms with van der Waals surface area (Å²) in [5.41, 5.74) is -0.952. The summed E-state index contributed by atoms with van der Waals surface area (Å²) in [5, 5.41) is 11.9. The van der Waals surface area contributed by atoms with E-state index in [0.29, 0.717) is 32.3 Å². The summed E-state index contributed by atoms with van der Waals surface area (Å²) in [6.07, 6.45) is -2.60. The Morgan fingerprint density at radius 3 is 2.65 bits per heavy atom. The first-order valence-electron chi connectivity index (χ1n) is 7.06. The lowest BCUT2D eigenvalue weighted by Crippen LogP contribution is -2.34. The van der Waals surface area contributed by atoms with Crippen molar-refractivity contribution in [3.8, 4) is 0 Å². The minimum absolute atomic E-state index is 0.0398. The standard InChI is InChI=1S/C14H16ClF3N2O3/c15-11-5-9(14(16,17)18)6-19-12(11)20-7-10(13(21)22)8-1-3-23-4-2-8/h5-6,8,10H,1-4,7H2,(H,19,20)(H,21,22). The van der Waals surface area contributed by atoms with Crippen LogP contribution >= 0.6 is 11.6 Å². The highest BCUT2D eigenvalue weighted by Gasteiger charge is 2.32. The fraction of sp³-hybridized carbons (Fsp3) is 0.571. The van der Waals surface area contributed by atoms with E-state index in [2.05, 4.69) is 10.3 Å². The lowest BCUT2D eigenvalue weighted by atomic mass is 9.86. The second kappa shape index (κ2) is 7.35. The highest BCUT2D eigenvalue weighted by Crippen LogP contribution is 2.32. The van der Waals surface area contributed by atoms with Crippen LogP contribution in [0.4, 0.5) is 19.0 Å². The Balaban J connectivity index is 2.04. The molecule has 1 atom stereocenters. The van der Waals surface area contributed by atoms with Crippen LogP contribution in [0.5, 0.6) is 0 Å². The highest BCUT2D eigenvalue weighted by atomic mass is 35.5. The summed E-state index contributed by atoms with van der Waals surface area (Å²) in [5.74, 6) is -1.66. The number of ether oxygens (including phenoxy) is 1. The Morgan fingerprint density at radius 2 is 2.13 bits per heavy atom. The van der Waals surface area contributed by atoms with E-state index in [-0.39, 0.29) is 23.3 Å². The van der Waals surface area contributed by atoms with Crippen molar-refractivity contribution in [1.29, 1.82) is 0 Å². The summed E-state index contributed by atoms with van der Waals surface area (Å²) in [6.45, 7) is 1.06. The van der Waals surface area contributed by atoms with Gasteiger partial charge in [-0.15, -0.1) is 0 Å². The van der Waals surface area contributed by atoms with Gasteiger partial charge in [0.1, 0.15) is 5.82 Å². The van der Waals surface area contributed by atoms with Gasteiger partial charge in [0.05, 0.1) is 16.5 Å². The number of halogens is 4. The monoisotopic (exact) mass is 352 g/mol. The number of carboxylic acid groups (broad SMARTS) is 1. The van der Waals surface area contributed by atoms with Gasteiger partial charge < -0.3 is 15.2 Å². The summed E-state index contributed by atoms with van der Waals surface area (Å²) >= 11 is 5.79. The van der Waals surface area contributed by atoms with E-state index < -0.39 is 23.6 Å². The molecule has 0 bridgehead atoms. The maximum atomic E-state index is 12.6.